The van der Waals surface area contributed by atoms with E-state index in [2.05, 4.69) is 0 Å². The first-order chi connectivity index (χ1) is 0. The maximum absolute atomic E-state index is 0. The quantitative estimate of drug-likeness (QED) is 0.221. The summed E-state index contributed by atoms with van der Waals surface area (Å²) in [6.45, 7) is 0. The minimum absolute atomic E-state index is 0. The molecule has 0 bridgehead atoms. The van der Waals surface area contributed by atoms with Gasteiger partial charge in [0.05, 0.1) is 0 Å². The van der Waals surface area contributed by atoms with Crippen LogP contribution in [0.5, 0.6) is 0 Å². The molecule has 1 atom stereocenters. The second kappa shape index (κ2) is 25.2. The van der Waals surface area contributed by atoms with Crippen LogP contribution in [-0.2, 0) is 0 Å². The predicted octanol–water partition coefficient (Wildman–Crippen LogP) is -5.38. The topological polar surface area (TPSA) is 0 Å². The maximum atomic E-state index is 0. The molecule has 0 aromatic heterocycles. The average Bonchev–Trinajstić information content (AvgIpc) is 0. The van der Waals surface area contributed by atoms with Gasteiger partial charge in [-0.1, -0.05) is 0 Å². The van der Waals surface area contributed by atoms with E-state index in [-0.39, 0.29) is 113 Å². The molecule has 0 aliphatic carbocycles. The number of hydrogen-bond donors (Lipinski definition) is 0. The molecule has 0 saturated heterocycles. The van der Waals surface area contributed by atoms with Gasteiger partial charge in [0.2, 0.25) is 0 Å². The van der Waals surface area contributed by atoms with Crippen molar-refractivity contribution < 1.29 is 0 Å². The van der Waals surface area contributed by atoms with Crippen molar-refractivity contribution in [2.45, 2.75) is 0 Å². The number of hydrogen-bond acceptors (Lipinski definition) is 0. The summed E-state index contributed by atoms with van der Waals surface area (Å²) < 4.78 is 0. The van der Waals surface area contributed by atoms with E-state index in [1.54, 1.807) is 0 Å². The van der Waals surface area contributed by atoms with Crippen LogP contribution in [0, 0.1) is 0 Å². The van der Waals surface area contributed by atoms with Crippen LogP contribution in [0.2, 0.25) is 0 Å². The van der Waals surface area contributed by atoms with Gasteiger partial charge in [-0.3, -0.25) is 0 Å². The summed E-state index contributed by atoms with van der Waals surface area (Å²) >= 11 is 0. The Balaban J connectivity index is 0. The van der Waals surface area contributed by atoms with Crippen LogP contribution in [-0.4, -0.2) is 113 Å². The Kier molecular flexibility index (Phi) is 190. The second-order valence-electron chi connectivity index (χ2n) is 0. The normalized spacial score (nSPS) is 0. The zero-order valence-corrected chi connectivity index (χ0v) is 23.4. The zero-order valence-electron chi connectivity index (χ0n) is 3.33. The van der Waals surface area contributed by atoms with Crippen LogP contribution in [0.1, 0.15) is 0 Å². The van der Waals surface area contributed by atoms with Crippen LogP contribution >= 0.6 is 0 Å². The molecule has 0 rings (SSSR count). The van der Waals surface area contributed by atoms with Gasteiger partial charge in [-0.05, 0) is 0 Å². The minimum atomic E-state index is 0. The van der Waals surface area contributed by atoms with Gasteiger partial charge in [-0.25, -0.2) is 0 Å². The Labute approximate surface area is 111 Å². The van der Waals surface area contributed by atoms with E-state index in [1.165, 1.54) is 0 Å². The molecule has 0 fully saturated rings. The molecule has 0 spiro atoms. The zero-order chi connectivity index (χ0) is 0. The van der Waals surface area contributed by atoms with Gasteiger partial charge >= 0.3 is 113 Å². The molecule has 2 radical (unpaired) electrons. The first-order valence-corrected chi connectivity index (χ1v) is 0. The molecule has 38 valence electrons. The fourth-order valence-electron chi connectivity index (χ4n) is 0. The van der Waals surface area contributed by atoms with Crippen LogP contribution in [0.25, 0.3) is 0 Å². The van der Waals surface area contributed by atoms with Gasteiger partial charge in [0.15, 0.2) is 0 Å². The molecule has 0 N–H and O–H groups in total. The molecule has 0 saturated carbocycles. The van der Waals surface area contributed by atoms with Crippen LogP contribution in [0.15, 0.2) is 0 Å². The second-order valence-corrected chi connectivity index (χ2v) is 0. The van der Waals surface area contributed by atoms with Crippen molar-refractivity contribution in [3.8, 4) is 0 Å². The first-order valence-electron chi connectivity index (χ1n) is 0. The molecule has 0 aromatic carbocycles. The summed E-state index contributed by atoms with van der Waals surface area (Å²) in [5.41, 5.74) is 0. The van der Waals surface area contributed by atoms with Crippen molar-refractivity contribution in [3.63, 3.8) is 0 Å². The van der Waals surface area contributed by atoms with Crippen molar-refractivity contribution in [1.82, 2.24) is 0 Å². The van der Waals surface area contributed by atoms with Crippen molar-refractivity contribution >= 4 is 113 Å². The molecule has 0 nitrogen and oxygen atoms in total. The molecule has 5 heteroatoms. The van der Waals surface area contributed by atoms with Gasteiger partial charge < -0.3 is 0 Å². The SMILES string of the molecule is [AsH3].[BiH3].[PbH2].[SbH3].[SeH2]. The summed E-state index contributed by atoms with van der Waals surface area (Å²) in [6.07, 6.45) is 0. The van der Waals surface area contributed by atoms with Crippen molar-refractivity contribution in [2.75, 3.05) is 0 Å². The molecule has 0 aromatic rings. The Hall–Kier alpha value is 3.70. The van der Waals surface area contributed by atoms with E-state index in [0.29, 0.717) is 0 Å². The summed E-state index contributed by atoms with van der Waals surface area (Å²) in [5.74, 6) is 0. The third-order valence-corrected chi connectivity index (χ3v) is 0. The van der Waals surface area contributed by atoms with E-state index < -0.39 is 0 Å². The van der Waals surface area contributed by atoms with Crippen LogP contribution in [0.3, 0.4) is 0 Å². The predicted molar refractivity (Wildman–Crippen MR) is 46.9 cm³/mol. The molecule has 0 aliphatic rings. The van der Waals surface area contributed by atoms with Crippen LogP contribution < -0.4 is 0 Å². The average molecular weight is 705 g/mol. The van der Waals surface area contributed by atoms with Gasteiger partial charge in [0.1, 0.15) is 0 Å². The van der Waals surface area contributed by atoms with Crippen molar-refractivity contribution in [1.29, 1.82) is 0 Å². The van der Waals surface area contributed by atoms with E-state index in [4.69, 9.17) is 0 Å². The molecule has 5 heavy (non-hydrogen) atoms. The first kappa shape index (κ1) is 37.7. The van der Waals surface area contributed by atoms with Gasteiger partial charge in [0, 0.05) is 0 Å². The molecule has 1 unspecified atom stereocenters. The Morgan fingerprint density at radius 1 is 1.00 bits per heavy atom. The Morgan fingerprint density at radius 3 is 1.00 bits per heavy atom. The van der Waals surface area contributed by atoms with Gasteiger partial charge in [-0.2, -0.15) is 0 Å². The van der Waals surface area contributed by atoms with Gasteiger partial charge in [0.25, 0.3) is 0 Å². The Morgan fingerprint density at radius 2 is 1.00 bits per heavy atom. The monoisotopic (exact) mass is 706 g/mol. The van der Waals surface area contributed by atoms with E-state index in [9.17, 15) is 0 Å². The van der Waals surface area contributed by atoms with E-state index in [1.807, 2.05) is 0 Å². The van der Waals surface area contributed by atoms with Gasteiger partial charge in [-0.15, -0.1) is 0 Å². The summed E-state index contributed by atoms with van der Waals surface area (Å²) in [5, 5.41) is 0. The summed E-state index contributed by atoms with van der Waals surface area (Å²) in [4.78, 5) is 0. The summed E-state index contributed by atoms with van der Waals surface area (Å²) in [6, 6.07) is 0. The van der Waals surface area contributed by atoms with E-state index >= 15 is 0 Å². The fraction of sp³-hybridized carbons (Fsp3) is 0. The molecular weight excluding hydrogens is 692 g/mol. The van der Waals surface area contributed by atoms with Crippen molar-refractivity contribution in [2.24, 2.45) is 0 Å². The summed E-state index contributed by atoms with van der Waals surface area (Å²) in [7, 11) is 0. The fourth-order valence-corrected chi connectivity index (χ4v) is 0. The third-order valence-electron chi connectivity index (χ3n) is 0. The van der Waals surface area contributed by atoms with Crippen molar-refractivity contribution in [3.05, 3.63) is 0 Å². The molecule has 0 amide bonds. The Bertz CT molecular complexity index is 11.6. The molecule has 0 aliphatic heterocycles. The van der Waals surface area contributed by atoms with Crippen LogP contribution in [0.4, 0.5) is 0 Å². The molecule has 0 heterocycles. The third kappa shape index (κ3) is 18.3. The number of rotatable bonds is 0. The van der Waals surface area contributed by atoms with E-state index in [0.717, 1.165) is 0 Å². The standard InChI is InChI=1S/AsH3.Bi.Pb.Sb.H2Se.8H/h1H3;;;;1H2;;;;;;;;. The molecular formula is H13AsBiPbSbSe.